The number of nitrogens with one attached hydrogen (secondary N) is 1. The van der Waals surface area contributed by atoms with E-state index in [2.05, 4.69) is 15.5 Å². The second kappa shape index (κ2) is 8.85. The van der Waals surface area contributed by atoms with Crippen LogP contribution < -0.4 is 10.1 Å². The highest BCUT2D eigenvalue weighted by molar-refractivity contribution is 5.86. The van der Waals surface area contributed by atoms with Crippen LogP contribution in [0.2, 0.25) is 0 Å². The van der Waals surface area contributed by atoms with E-state index in [4.69, 9.17) is 14.5 Å². The van der Waals surface area contributed by atoms with Gasteiger partial charge in [-0.1, -0.05) is 6.42 Å². The van der Waals surface area contributed by atoms with Crippen LogP contribution in [0.5, 0.6) is 5.75 Å². The maximum Gasteiger partial charge on any atom is 0.306 e. The molecule has 0 spiro atoms. The smallest absolute Gasteiger partial charge is 0.306 e. The standard InChI is InChI=1S/C22H31N5O3/c1-14-12-16(29-6)13-17-19(14)24-20(21-26-25-15(2)27(17)21)23-11-9-7-8-10-18(28)30-22(3,4)5/h12-13H,7-11H2,1-6H3,(H,23,24). The Hall–Kier alpha value is -2.90. The van der Waals surface area contributed by atoms with Gasteiger partial charge >= 0.3 is 5.97 Å². The number of rotatable bonds is 8. The zero-order chi connectivity index (χ0) is 21.9. The van der Waals surface area contributed by atoms with Gasteiger partial charge < -0.3 is 14.8 Å². The second-order valence-corrected chi connectivity index (χ2v) is 8.50. The summed E-state index contributed by atoms with van der Waals surface area (Å²) >= 11 is 0. The molecule has 2 heterocycles. The number of carbonyl (C=O) groups is 1. The lowest BCUT2D eigenvalue weighted by Gasteiger charge is -2.19. The molecule has 0 radical (unpaired) electrons. The lowest BCUT2D eigenvalue weighted by atomic mass is 10.1. The van der Waals surface area contributed by atoms with Gasteiger partial charge in [0.05, 0.1) is 18.1 Å². The first-order chi connectivity index (χ1) is 14.2. The van der Waals surface area contributed by atoms with E-state index in [9.17, 15) is 4.79 Å². The number of nitrogens with zero attached hydrogens (tertiary/aromatic N) is 4. The first-order valence-electron chi connectivity index (χ1n) is 10.4. The van der Waals surface area contributed by atoms with E-state index in [1.807, 2.05) is 51.2 Å². The second-order valence-electron chi connectivity index (χ2n) is 8.50. The first-order valence-corrected chi connectivity index (χ1v) is 10.4. The van der Waals surface area contributed by atoms with Crippen molar-refractivity contribution in [2.75, 3.05) is 19.0 Å². The van der Waals surface area contributed by atoms with Gasteiger partial charge in [0.15, 0.2) is 5.82 Å². The summed E-state index contributed by atoms with van der Waals surface area (Å²) in [4.78, 5) is 16.6. The molecule has 1 aromatic carbocycles. The number of carbonyl (C=O) groups excluding carboxylic acids is 1. The minimum Gasteiger partial charge on any atom is -0.497 e. The van der Waals surface area contributed by atoms with Gasteiger partial charge in [-0.05, 0) is 59.1 Å². The van der Waals surface area contributed by atoms with Gasteiger partial charge in [0.2, 0.25) is 5.65 Å². The third kappa shape index (κ3) is 4.98. The number of fused-ring (bicyclic) bond motifs is 3. The van der Waals surface area contributed by atoms with E-state index < -0.39 is 5.60 Å². The summed E-state index contributed by atoms with van der Waals surface area (Å²) < 4.78 is 12.8. The lowest BCUT2D eigenvalue weighted by Crippen LogP contribution is -2.23. The summed E-state index contributed by atoms with van der Waals surface area (Å²) in [5, 5.41) is 11.9. The fourth-order valence-corrected chi connectivity index (χ4v) is 3.42. The van der Waals surface area contributed by atoms with Crippen LogP contribution in [-0.2, 0) is 9.53 Å². The van der Waals surface area contributed by atoms with Gasteiger partial charge in [-0.2, -0.15) is 0 Å². The molecule has 162 valence electrons. The minimum atomic E-state index is -0.426. The van der Waals surface area contributed by atoms with Crippen LogP contribution in [0.15, 0.2) is 12.1 Å². The average molecular weight is 414 g/mol. The third-order valence-electron chi connectivity index (χ3n) is 4.76. The van der Waals surface area contributed by atoms with Crippen molar-refractivity contribution in [2.24, 2.45) is 0 Å². The van der Waals surface area contributed by atoms with Gasteiger partial charge in [-0.3, -0.25) is 9.20 Å². The predicted octanol–water partition coefficient (Wildman–Crippen LogP) is 4.22. The van der Waals surface area contributed by atoms with Crippen LogP contribution in [0.4, 0.5) is 5.82 Å². The Kier molecular flexibility index (Phi) is 6.43. The molecule has 3 aromatic rings. The molecule has 30 heavy (non-hydrogen) atoms. The number of esters is 1. The van der Waals surface area contributed by atoms with E-state index in [1.165, 1.54) is 0 Å². The molecule has 0 unspecified atom stereocenters. The van der Waals surface area contributed by atoms with Crippen molar-refractivity contribution < 1.29 is 14.3 Å². The number of aromatic nitrogens is 4. The molecular formula is C22H31N5O3. The molecule has 0 amide bonds. The van der Waals surface area contributed by atoms with Crippen LogP contribution in [-0.4, -0.2) is 44.8 Å². The maximum atomic E-state index is 11.8. The fraction of sp³-hybridized carbons (Fsp3) is 0.545. The molecule has 8 nitrogen and oxygen atoms in total. The zero-order valence-corrected chi connectivity index (χ0v) is 18.7. The van der Waals surface area contributed by atoms with E-state index in [0.29, 0.717) is 17.9 Å². The molecule has 3 rings (SSSR count). The molecule has 0 saturated heterocycles. The maximum absolute atomic E-state index is 11.8. The molecule has 0 atom stereocenters. The quantitative estimate of drug-likeness (QED) is 0.437. The summed E-state index contributed by atoms with van der Waals surface area (Å²) in [5.74, 6) is 2.15. The van der Waals surface area contributed by atoms with Gasteiger partial charge in [0.25, 0.3) is 0 Å². The minimum absolute atomic E-state index is 0.141. The largest absolute Gasteiger partial charge is 0.497 e. The number of aryl methyl sites for hydroxylation is 2. The molecular weight excluding hydrogens is 382 g/mol. The molecule has 0 aliphatic rings. The number of unbranched alkanes of at least 4 members (excludes halogenated alkanes) is 2. The van der Waals surface area contributed by atoms with E-state index >= 15 is 0 Å². The number of anilines is 1. The molecule has 2 aromatic heterocycles. The van der Waals surface area contributed by atoms with Crippen molar-refractivity contribution in [3.63, 3.8) is 0 Å². The highest BCUT2D eigenvalue weighted by atomic mass is 16.6. The highest BCUT2D eigenvalue weighted by Gasteiger charge is 2.16. The predicted molar refractivity (Wildman–Crippen MR) is 117 cm³/mol. The van der Waals surface area contributed by atoms with Gasteiger partial charge in [0.1, 0.15) is 17.2 Å². The van der Waals surface area contributed by atoms with Crippen LogP contribution in [0, 0.1) is 13.8 Å². The molecule has 0 fully saturated rings. The normalized spacial score (nSPS) is 11.8. The summed E-state index contributed by atoms with van der Waals surface area (Å²) in [6.07, 6.45) is 3.10. The third-order valence-corrected chi connectivity index (χ3v) is 4.76. The molecule has 0 bridgehead atoms. The number of ether oxygens (including phenoxy) is 2. The van der Waals surface area contributed by atoms with Crippen molar-refractivity contribution in [3.8, 4) is 5.75 Å². The van der Waals surface area contributed by atoms with Gasteiger partial charge in [-0.15, -0.1) is 10.2 Å². The number of hydrogen-bond donors (Lipinski definition) is 1. The monoisotopic (exact) mass is 413 g/mol. The first kappa shape index (κ1) is 21.8. The topological polar surface area (TPSA) is 90.6 Å². The van der Waals surface area contributed by atoms with Crippen molar-refractivity contribution in [3.05, 3.63) is 23.5 Å². The highest BCUT2D eigenvalue weighted by Crippen LogP contribution is 2.28. The number of methoxy groups -OCH3 is 1. The Labute approximate surface area is 177 Å². The summed E-state index contributed by atoms with van der Waals surface area (Å²) in [5.41, 5.74) is 3.11. The van der Waals surface area contributed by atoms with Crippen molar-refractivity contribution in [1.82, 2.24) is 19.6 Å². The Morgan fingerprint density at radius 3 is 2.60 bits per heavy atom. The Balaban J connectivity index is 1.67. The molecule has 8 heteroatoms. The Morgan fingerprint density at radius 2 is 1.90 bits per heavy atom. The summed E-state index contributed by atoms with van der Waals surface area (Å²) in [6.45, 7) is 10.3. The molecule has 0 aliphatic heterocycles. The van der Waals surface area contributed by atoms with Crippen LogP contribution in [0.1, 0.15) is 57.8 Å². The summed E-state index contributed by atoms with van der Waals surface area (Å²) in [6, 6.07) is 3.93. The van der Waals surface area contributed by atoms with Crippen molar-refractivity contribution in [1.29, 1.82) is 0 Å². The van der Waals surface area contributed by atoms with Gasteiger partial charge in [-0.25, -0.2) is 4.98 Å². The molecule has 1 N–H and O–H groups in total. The molecule has 0 saturated carbocycles. The van der Waals surface area contributed by atoms with Crippen LogP contribution >= 0.6 is 0 Å². The van der Waals surface area contributed by atoms with E-state index in [1.54, 1.807) is 7.11 Å². The van der Waals surface area contributed by atoms with E-state index in [0.717, 1.165) is 54.0 Å². The average Bonchev–Trinajstić information content (AvgIpc) is 3.05. The zero-order valence-electron chi connectivity index (χ0n) is 18.7. The van der Waals surface area contributed by atoms with E-state index in [-0.39, 0.29) is 5.97 Å². The SMILES string of the molecule is COc1cc(C)c2nc(NCCCCCC(=O)OC(C)(C)C)c3nnc(C)n3c2c1. The Morgan fingerprint density at radius 1 is 1.13 bits per heavy atom. The van der Waals surface area contributed by atoms with Crippen molar-refractivity contribution >= 4 is 28.5 Å². The number of hydrogen-bond acceptors (Lipinski definition) is 7. The Bertz CT molecular complexity index is 1050. The summed E-state index contributed by atoms with van der Waals surface area (Å²) in [7, 11) is 1.66. The van der Waals surface area contributed by atoms with Crippen LogP contribution in [0.3, 0.4) is 0 Å². The van der Waals surface area contributed by atoms with Crippen LogP contribution in [0.25, 0.3) is 16.7 Å². The number of benzene rings is 1. The fourth-order valence-electron chi connectivity index (χ4n) is 3.42. The lowest BCUT2D eigenvalue weighted by molar-refractivity contribution is -0.154. The van der Waals surface area contributed by atoms with Gasteiger partial charge in [0, 0.05) is 19.0 Å². The van der Waals surface area contributed by atoms with Crippen molar-refractivity contribution in [2.45, 2.75) is 65.9 Å². The molecule has 0 aliphatic carbocycles.